The predicted molar refractivity (Wildman–Crippen MR) is 83.9 cm³/mol. The Hall–Kier alpha value is -0.830. The summed E-state index contributed by atoms with van der Waals surface area (Å²) in [4.78, 5) is 11.7. The standard InChI is InChI=1S/C18H30O3/c1-8-13(19)21-14-12-9-10-18(7,17(12,5)6)15(14)20-11-16(2,3)4/h8,12,14-15H,1,9-11H2,2-7H3/t12-,14+,15+,18-/m0/s1. The van der Waals surface area contributed by atoms with Crippen LogP contribution in [-0.4, -0.2) is 24.8 Å². The van der Waals surface area contributed by atoms with E-state index in [9.17, 15) is 4.79 Å². The van der Waals surface area contributed by atoms with Gasteiger partial charge in [0.2, 0.25) is 0 Å². The smallest absolute Gasteiger partial charge is 0.330 e. The van der Waals surface area contributed by atoms with Gasteiger partial charge >= 0.3 is 5.97 Å². The van der Waals surface area contributed by atoms with Gasteiger partial charge in [-0.25, -0.2) is 4.79 Å². The second-order valence-electron chi connectivity index (χ2n) is 8.68. The summed E-state index contributed by atoms with van der Waals surface area (Å²) in [6.45, 7) is 17.6. The highest BCUT2D eigenvalue weighted by Gasteiger charge is 2.68. The number of carbonyl (C=O) groups excluding carboxylic acids is 1. The molecule has 0 N–H and O–H groups in total. The summed E-state index contributed by atoms with van der Waals surface area (Å²) in [6, 6.07) is 0. The first kappa shape index (κ1) is 16.5. The van der Waals surface area contributed by atoms with Crippen LogP contribution >= 0.6 is 0 Å². The van der Waals surface area contributed by atoms with Crippen molar-refractivity contribution in [2.75, 3.05) is 6.61 Å². The van der Waals surface area contributed by atoms with E-state index in [0.717, 1.165) is 12.8 Å². The molecule has 0 heterocycles. The summed E-state index contributed by atoms with van der Waals surface area (Å²) in [5, 5.41) is 0. The third-order valence-electron chi connectivity index (χ3n) is 5.81. The lowest BCUT2D eigenvalue weighted by molar-refractivity contribution is -0.163. The van der Waals surface area contributed by atoms with Crippen LogP contribution in [0.15, 0.2) is 12.7 Å². The average molecular weight is 294 g/mol. The van der Waals surface area contributed by atoms with Crippen molar-refractivity contribution in [1.82, 2.24) is 0 Å². The zero-order valence-corrected chi connectivity index (χ0v) is 14.4. The predicted octanol–water partition coefficient (Wildman–Crippen LogP) is 3.97. The summed E-state index contributed by atoms with van der Waals surface area (Å²) in [7, 11) is 0. The molecule has 21 heavy (non-hydrogen) atoms. The van der Waals surface area contributed by atoms with E-state index in [2.05, 4.69) is 48.1 Å². The van der Waals surface area contributed by atoms with E-state index in [-0.39, 0.29) is 34.4 Å². The second kappa shape index (κ2) is 5.12. The van der Waals surface area contributed by atoms with Crippen molar-refractivity contribution in [1.29, 1.82) is 0 Å². The van der Waals surface area contributed by atoms with Gasteiger partial charge in [0.15, 0.2) is 0 Å². The second-order valence-corrected chi connectivity index (χ2v) is 8.68. The lowest BCUT2D eigenvalue weighted by atomic mass is 9.70. The van der Waals surface area contributed by atoms with E-state index in [1.807, 2.05) is 0 Å². The molecular weight excluding hydrogens is 264 g/mol. The Morgan fingerprint density at radius 3 is 2.48 bits per heavy atom. The van der Waals surface area contributed by atoms with Crippen LogP contribution in [0.1, 0.15) is 54.4 Å². The van der Waals surface area contributed by atoms with E-state index in [0.29, 0.717) is 12.5 Å². The monoisotopic (exact) mass is 294 g/mol. The molecule has 0 unspecified atom stereocenters. The van der Waals surface area contributed by atoms with Gasteiger partial charge in [-0.3, -0.25) is 0 Å². The number of esters is 1. The number of rotatable bonds is 4. The number of ether oxygens (including phenoxy) is 2. The quantitative estimate of drug-likeness (QED) is 0.581. The molecule has 2 fully saturated rings. The van der Waals surface area contributed by atoms with Gasteiger partial charge < -0.3 is 9.47 Å². The molecule has 0 aromatic rings. The van der Waals surface area contributed by atoms with E-state index in [1.165, 1.54) is 6.08 Å². The average Bonchev–Trinajstić information content (AvgIpc) is 2.66. The Balaban J connectivity index is 2.24. The van der Waals surface area contributed by atoms with Crippen molar-refractivity contribution in [3.8, 4) is 0 Å². The van der Waals surface area contributed by atoms with E-state index in [1.54, 1.807) is 0 Å². The lowest BCUT2D eigenvalue weighted by Crippen LogP contribution is -2.44. The van der Waals surface area contributed by atoms with Gasteiger partial charge in [-0.15, -0.1) is 0 Å². The van der Waals surface area contributed by atoms with Crippen LogP contribution in [0.2, 0.25) is 0 Å². The summed E-state index contributed by atoms with van der Waals surface area (Å²) in [5.74, 6) is 0.0349. The topological polar surface area (TPSA) is 35.5 Å². The molecule has 120 valence electrons. The molecule has 4 atom stereocenters. The first-order chi connectivity index (χ1) is 9.53. The molecular formula is C18H30O3. The van der Waals surface area contributed by atoms with Crippen LogP contribution in [0.5, 0.6) is 0 Å². The zero-order valence-electron chi connectivity index (χ0n) is 14.4. The number of hydrogen-bond acceptors (Lipinski definition) is 3. The maximum absolute atomic E-state index is 11.7. The Morgan fingerprint density at radius 2 is 1.95 bits per heavy atom. The van der Waals surface area contributed by atoms with Gasteiger partial charge in [0.05, 0.1) is 6.61 Å². The fourth-order valence-electron chi connectivity index (χ4n) is 4.16. The summed E-state index contributed by atoms with van der Waals surface area (Å²) < 4.78 is 12.0. The van der Waals surface area contributed by atoms with Crippen LogP contribution in [0.4, 0.5) is 0 Å². The lowest BCUT2D eigenvalue weighted by Gasteiger charge is -2.40. The Bertz CT molecular complexity index is 432. The molecule has 2 bridgehead atoms. The summed E-state index contributed by atoms with van der Waals surface area (Å²) >= 11 is 0. The molecule has 0 aromatic carbocycles. The van der Waals surface area contributed by atoms with E-state index < -0.39 is 0 Å². The van der Waals surface area contributed by atoms with Crippen LogP contribution in [0, 0.1) is 22.2 Å². The molecule has 0 aliphatic heterocycles. The maximum atomic E-state index is 11.7. The van der Waals surface area contributed by atoms with Gasteiger partial charge in [0.25, 0.3) is 0 Å². The molecule has 2 aliphatic rings. The molecule has 2 saturated carbocycles. The summed E-state index contributed by atoms with van der Waals surface area (Å²) in [5.41, 5.74) is 0.298. The summed E-state index contributed by atoms with van der Waals surface area (Å²) in [6.07, 6.45) is 3.33. The van der Waals surface area contributed by atoms with Crippen molar-refractivity contribution < 1.29 is 14.3 Å². The molecule has 0 amide bonds. The van der Waals surface area contributed by atoms with Crippen molar-refractivity contribution >= 4 is 5.97 Å². The molecule has 0 saturated heterocycles. The van der Waals surface area contributed by atoms with E-state index in [4.69, 9.17) is 9.47 Å². The van der Waals surface area contributed by atoms with E-state index >= 15 is 0 Å². The van der Waals surface area contributed by atoms with Crippen LogP contribution in [0.3, 0.4) is 0 Å². The minimum atomic E-state index is -0.337. The van der Waals surface area contributed by atoms with Gasteiger partial charge in [-0.1, -0.05) is 48.1 Å². The third kappa shape index (κ3) is 2.65. The first-order valence-corrected chi connectivity index (χ1v) is 7.97. The minimum absolute atomic E-state index is 0.0191. The molecule has 3 heteroatoms. The molecule has 0 spiro atoms. The molecule has 2 aliphatic carbocycles. The Kier molecular flexibility index (Phi) is 4.03. The highest BCUT2D eigenvalue weighted by Crippen LogP contribution is 2.67. The maximum Gasteiger partial charge on any atom is 0.330 e. The van der Waals surface area contributed by atoms with Crippen molar-refractivity contribution in [3.05, 3.63) is 12.7 Å². The molecule has 0 radical (unpaired) electrons. The largest absolute Gasteiger partial charge is 0.456 e. The van der Waals surface area contributed by atoms with Gasteiger partial charge in [0.1, 0.15) is 12.2 Å². The van der Waals surface area contributed by atoms with Gasteiger partial charge in [-0.2, -0.15) is 0 Å². The molecule has 3 nitrogen and oxygen atoms in total. The zero-order chi connectivity index (χ0) is 16.1. The Labute approximate surface area is 129 Å². The van der Waals surface area contributed by atoms with Crippen molar-refractivity contribution in [2.24, 2.45) is 22.2 Å². The molecule has 2 rings (SSSR count). The van der Waals surface area contributed by atoms with Crippen LogP contribution < -0.4 is 0 Å². The van der Waals surface area contributed by atoms with Gasteiger partial charge in [0, 0.05) is 17.4 Å². The molecule has 0 aromatic heterocycles. The highest BCUT2D eigenvalue weighted by atomic mass is 16.6. The fraction of sp³-hybridized carbons (Fsp3) is 0.833. The minimum Gasteiger partial charge on any atom is -0.456 e. The fourth-order valence-corrected chi connectivity index (χ4v) is 4.16. The normalized spacial score (nSPS) is 37.5. The third-order valence-corrected chi connectivity index (χ3v) is 5.81. The van der Waals surface area contributed by atoms with Gasteiger partial charge in [-0.05, 0) is 23.7 Å². The number of fused-ring (bicyclic) bond motifs is 2. The SMILES string of the molecule is C=CC(=O)O[C@H]1[C@@H](OCC(C)(C)C)[C@]2(C)CC[C@@H]1C2(C)C. The van der Waals surface area contributed by atoms with Crippen molar-refractivity contribution in [3.63, 3.8) is 0 Å². The number of carbonyl (C=O) groups is 1. The van der Waals surface area contributed by atoms with Crippen molar-refractivity contribution in [2.45, 2.75) is 66.6 Å². The Morgan fingerprint density at radius 1 is 1.33 bits per heavy atom. The van der Waals surface area contributed by atoms with Crippen LogP contribution in [0.25, 0.3) is 0 Å². The van der Waals surface area contributed by atoms with Crippen LogP contribution in [-0.2, 0) is 14.3 Å². The number of hydrogen-bond donors (Lipinski definition) is 0. The highest BCUT2D eigenvalue weighted by molar-refractivity contribution is 5.81. The first-order valence-electron chi connectivity index (χ1n) is 7.97.